The average molecular weight is 225 g/mol. The zero-order chi connectivity index (χ0) is 10.7. The van der Waals surface area contributed by atoms with E-state index in [0.29, 0.717) is 10.8 Å². The van der Waals surface area contributed by atoms with Crippen LogP contribution in [0.5, 0.6) is 0 Å². The first-order valence-corrected chi connectivity index (χ1v) is 4.90. The quantitative estimate of drug-likeness (QED) is 0.777. The van der Waals surface area contributed by atoms with Gasteiger partial charge in [0.1, 0.15) is 5.69 Å². The van der Waals surface area contributed by atoms with Crippen LogP contribution in [0.3, 0.4) is 0 Å². The van der Waals surface area contributed by atoms with Gasteiger partial charge in [0.05, 0.1) is 6.42 Å². The molecule has 2 rings (SSSR count). The summed E-state index contributed by atoms with van der Waals surface area (Å²) in [5, 5.41) is 11.8. The molecule has 8 heteroatoms. The summed E-state index contributed by atoms with van der Waals surface area (Å²) in [4.78, 5) is 15.3. The summed E-state index contributed by atoms with van der Waals surface area (Å²) in [6.07, 6.45) is 1.63. The first kappa shape index (κ1) is 9.59. The SMILES string of the molecule is Nc1nonc1CC(=O)Nc1nccs1. The van der Waals surface area contributed by atoms with E-state index < -0.39 is 0 Å². The van der Waals surface area contributed by atoms with E-state index in [1.807, 2.05) is 0 Å². The van der Waals surface area contributed by atoms with Crippen molar-refractivity contribution in [1.29, 1.82) is 0 Å². The van der Waals surface area contributed by atoms with E-state index in [9.17, 15) is 4.79 Å². The van der Waals surface area contributed by atoms with Gasteiger partial charge in [-0.3, -0.25) is 4.79 Å². The first-order chi connectivity index (χ1) is 7.25. The van der Waals surface area contributed by atoms with Crippen molar-refractivity contribution in [3.05, 3.63) is 17.3 Å². The summed E-state index contributed by atoms with van der Waals surface area (Å²) < 4.78 is 4.36. The Hall–Kier alpha value is -1.96. The number of carbonyl (C=O) groups is 1. The van der Waals surface area contributed by atoms with Crippen LogP contribution in [-0.2, 0) is 11.2 Å². The predicted molar refractivity (Wildman–Crippen MR) is 53.2 cm³/mol. The molecule has 0 fully saturated rings. The molecule has 0 aliphatic rings. The van der Waals surface area contributed by atoms with Crippen molar-refractivity contribution < 1.29 is 9.42 Å². The molecule has 2 heterocycles. The van der Waals surface area contributed by atoms with Crippen LogP contribution >= 0.6 is 11.3 Å². The van der Waals surface area contributed by atoms with Gasteiger partial charge in [-0.15, -0.1) is 11.3 Å². The topological polar surface area (TPSA) is 107 Å². The molecule has 2 aromatic heterocycles. The number of aromatic nitrogens is 3. The molecule has 0 aliphatic heterocycles. The molecule has 3 N–H and O–H groups in total. The minimum absolute atomic E-state index is 0.0227. The van der Waals surface area contributed by atoms with Crippen LogP contribution in [-0.4, -0.2) is 21.2 Å². The fourth-order valence-corrected chi connectivity index (χ4v) is 1.48. The molecule has 0 aliphatic carbocycles. The van der Waals surface area contributed by atoms with E-state index in [0.717, 1.165) is 0 Å². The second-order valence-corrected chi connectivity index (χ2v) is 3.55. The third-order valence-corrected chi connectivity index (χ3v) is 2.28. The lowest BCUT2D eigenvalue weighted by Crippen LogP contribution is -2.15. The lowest BCUT2D eigenvalue weighted by atomic mass is 10.3. The zero-order valence-corrected chi connectivity index (χ0v) is 8.32. The fourth-order valence-electron chi connectivity index (χ4n) is 0.937. The van der Waals surface area contributed by atoms with Gasteiger partial charge >= 0.3 is 0 Å². The second-order valence-electron chi connectivity index (χ2n) is 2.66. The highest BCUT2D eigenvalue weighted by molar-refractivity contribution is 7.13. The van der Waals surface area contributed by atoms with Gasteiger partial charge in [0.15, 0.2) is 10.9 Å². The predicted octanol–water partition coefficient (Wildman–Crippen LogP) is 0.289. The van der Waals surface area contributed by atoms with Crippen molar-refractivity contribution in [3.8, 4) is 0 Å². The Balaban J connectivity index is 1.96. The van der Waals surface area contributed by atoms with Crippen molar-refractivity contribution >= 4 is 28.2 Å². The summed E-state index contributed by atoms with van der Waals surface area (Å²) in [7, 11) is 0. The number of nitrogens with one attached hydrogen (secondary N) is 1. The summed E-state index contributed by atoms with van der Waals surface area (Å²) in [5.41, 5.74) is 5.73. The Morgan fingerprint density at radius 3 is 3.07 bits per heavy atom. The number of rotatable bonds is 3. The maximum atomic E-state index is 11.4. The molecule has 0 aromatic carbocycles. The maximum Gasteiger partial charge on any atom is 0.232 e. The van der Waals surface area contributed by atoms with Crippen LogP contribution in [0.2, 0.25) is 0 Å². The molecule has 78 valence electrons. The second kappa shape index (κ2) is 4.05. The smallest absolute Gasteiger partial charge is 0.232 e. The molecule has 0 bridgehead atoms. The minimum Gasteiger partial charge on any atom is -0.379 e. The molecule has 2 aromatic rings. The number of anilines is 2. The van der Waals surface area contributed by atoms with Gasteiger partial charge in [-0.1, -0.05) is 5.16 Å². The lowest BCUT2D eigenvalue weighted by Gasteiger charge is -1.97. The number of hydrogen-bond acceptors (Lipinski definition) is 7. The summed E-state index contributed by atoms with van der Waals surface area (Å²) in [6, 6.07) is 0. The number of hydrogen-bond donors (Lipinski definition) is 2. The van der Waals surface area contributed by atoms with E-state index >= 15 is 0 Å². The Morgan fingerprint density at radius 1 is 1.60 bits per heavy atom. The Kier molecular flexibility index (Phi) is 2.59. The maximum absolute atomic E-state index is 11.4. The first-order valence-electron chi connectivity index (χ1n) is 4.02. The molecular weight excluding hydrogens is 218 g/mol. The van der Waals surface area contributed by atoms with Gasteiger partial charge in [-0.05, 0) is 5.16 Å². The van der Waals surface area contributed by atoms with Crippen molar-refractivity contribution in [2.45, 2.75) is 6.42 Å². The number of nitrogen functional groups attached to an aromatic ring is 1. The summed E-state index contributed by atoms with van der Waals surface area (Å²) in [6.45, 7) is 0. The van der Waals surface area contributed by atoms with Crippen molar-refractivity contribution in [1.82, 2.24) is 15.3 Å². The third-order valence-electron chi connectivity index (χ3n) is 1.59. The monoisotopic (exact) mass is 225 g/mol. The van der Waals surface area contributed by atoms with Gasteiger partial charge in [0, 0.05) is 11.6 Å². The number of nitrogens with two attached hydrogens (primary N) is 1. The van der Waals surface area contributed by atoms with Crippen LogP contribution in [0.25, 0.3) is 0 Å². The highest BCUT2D eigenvalue weighted by Crippen LogP contribution is 2.11. The number of thiazole rings is 1. The summed E-state index contributed by atoms with van der Waals surface area (Å²) >= 11 is 1.33. The van der Waals surface area contributed by atoms with Crippen LogP contribution in [0.4, 0.5) is 10.9 Å². The van der Waals surface area contributed by atoms with Gasteiger partial charge in [-0.2, -0.15) is 0 Å². The minimum atomic E-state index is -0.257. The Bertz CT molecular complexity index is 452. The largest absolute Gasteiger partial charge is 0.379 e. The highest BCUT2D eigenvalue weighted by atomic mass is 32.1. The highest BCUT2D eigenvalue weighted by Gasteiger charge is 2.12. The van der Waals surface area contributed by atoms with Gasteiger partial charge in [-0.25, -0.2) is 9.61 Å². The van der Waals surface area contributed by atoms with E-state index in [-0.39, 0.29) is 18.1 Å². The van der Waals surface area contributed by atoms with Gasteiger partial charge in [0.25, 0.3) is 0 Å². The molecular formula is C7H7N5O2S. The Morgan fingerprint density at radius 2 is 2.47 bits per heavy atom. The fraction of sp³-hybridized carbons (Fsp3) is 0.143. The van der Waals surface area contributed by atoms with E-state index in [1.54, 1.807) is 11.6 Å². The van der Waals surface area contributed by atoms with Crippen LogP contribution in [0, 0.1) is 0 Å². The van der Waals surface area contributed by atoms with Crippen LogP contribution in [0.1, 0.15) is 5.69 Å². The number of carbonyl (C=O) groups excluding carboxylic acids is 1. The molecule has 0 unspecified atom stereocenters. The molecule has 0 spiro atoms. The van der Waals surface area contributed by atoms with Gasteiger partial charge < -0.3 is 11.1 Å². The average Bonchev–Trinajstić information content (AvgIpc) is 2.79. The standard InChI is InChI=1S/C7H7N5O2S/c8-6-4(11-14-12-6)3-5(13)10-7-9-1-2-15-7/h1-2H,3H2,(H2,8,12)(H,9,10,13). The molecule has 15 heavy (non-hydrogen) atoms. The molecule has 7 nitrogen and oxygen atoms in total. The van der Waals surface area contributed by atoms with Crippen LogP contribution in [0.15, 0.2) is 16.2 Å². The molecule has 1 amide bonds. The number of amides is 1. The number of nitrogens with zero attached hydrogens (tertiary/aromatic N) is 3. The van der Waals surface area contributed by atoms with Crippen molar-refractivity contribution in [3.63, 3.8) is 0 Å². The summed E-state index contributed by atoms with van der Waals surface area (Å²) in [5.74, 6) is -0.128. The molecule has 0 saturated carbocycles. The zero-order valence-electron chi connectivity index (χ0n) is 7.51. The van der Waals surface area contributed by atoms with E-state index in [1.165, 1.54) is 11.3 Å². The van der Waals surface area contributed by atoms with Crippen molar-refractivity contribution in [2.24, 2.45) is 0 Å². The van der Waals surface area contributed by atoms with E-state index in [4.69, 9.17) is 5.73 Å². The van der Waals surface area contributed by atoms with Crippen molar-refractivity contribution in [2.75, 3.05) is 11.1 Å². The van der Waals surface area contributed by atoms with Gasteiger partial charge in [0.2, 0.25) is 5.91 Å². The lowest BCUT2D eigenvalue weighted by molar-refractivity contribution is -0.115. The normalized spacial score (nSPS) is 10.1. The molecule has 0 atom stereocenters. The Labute approximate surface area is 88.3 Å². The molecule has 0 radical (unpaired) electrons. The third kappa shape index (κ3) is 2.29. The molecule has 0 saturated heterocycles. The van der Waals surface area contributed by atoms with E-state index in [2.05, 4.69) is 25.2 Å². The van der Waals surface area contributed by atoms with Crippen LogP contribution < -0.4 is 11.1 Å².